The van der Waals surface area contributed by atoms with E-state index in [2.05, 4.69) is 15.2 Å². The predicted molar refractivity (Wildman–Crippen MR) is 128 cm³/mol. The number of piperidine rings is 2. The number of aromatic nitrogens is 1. The number of nitrogens with zero attached hydrogens (tertiary/aromatic N) is 4. The van der Waals surface area contributed by atoms with Crippen molar-refractivity contribution in [3.8, 4) is 0 Å². The zero-order chi connectivity index (χ0) is 23.4. The van der Waals surface area contributed by atoms with Crippen molar-refractivity contribution in [2.24, 2.45) is 5.92 Å². The molecule has 3 heterocycles. The molecular weight excluding hydrogens is 444 g/mol. The summed E-state index contributed by atoms with van der Waals surface area (Å²) in [6, 6.07) is 8.58. The van der Waals surface area contributed by atoms with Crippen molar-refractivity contribution < 1.29 is 9.72 Å². The number of nitrogens with two attached hydrogens (primary N) is 1. The molecule has 2 aromatic rings. The van der Waals surface area contributed by atoms with Gasteiger partial charge in [-0.3, -0.25) is 19.8 Å². The van der Waals surface area contributed by atoms with Crippen molar-refractivity contribution in [3.63, 3.8) is 0 Å². The van der Waals surface area contributed by atoms with Gasteiger partial charge in [0.25, 0.3) is 5.69 Å². The monoisotopic (exact) mass is 472 g/mol. The van der Waals surface area contributed by atoms with E-state index in [4.69, 9.17) is 17.3 Å². The van der Waals surface area contributed by atoms with Gasteiger partial charge in [0, 0.05) is 43.9 Å². The van der Waals surface area contributed by atoms with E-state index in [1.807, 2.05) is 17.0 Å². The molecule has 2 fully saturated rings. The molecule has 33 heavy (non-hydrogen) atoms. The number of carbonyl (C=O) groups is 1. The van der Waals surface area contributed by atoms with Crippen molar-refractivity contribution in [1.82, 2.24) is 14.8 Å². The maximum atomic E-state index is 13.1. The highest BCUT2D eigenvalue weighted by Crippen LogP contribution is 2.34. The van der Waals surface area contributed by atoms with Crippen LogP contribution in [-0.4, -0.2) is 57.8 Å². The van der Waals surface area contributed by atoms with E-state index in [9.17, 15) is 14.9 Å². The zero-order valence-corrected chi connectivity index (χ0v) is 19.2. The molecule has 10 heteroatoms. The number of pyridine rings is 1. The van der Waals surface area contributed by atoms with Crippen molar-refractivity contribution in [3.05, 3.63) is 57.2 Å². The third kappa shape index (κ3) is 5.72. The largest absolute Gasteiger partial charge is 0.384 e. The fourth-order valence-electron chi connectivity index (χ4n) is 4.70. The van der Waals surface area contributed by atoms with Gasteiger partial charge in [0.1, 0.15) is 11.5 Å². The number of carbonyl (C=O) groups excluding carboxylic acids is 1. The normalized spacial score (nSPS) is 18.3. The van der Waals surface area contributed by atoms with Crippen LogP contribution in [0.3, 0.4) is 0 Å². The molecule has 0 saturated carbocycles. The molecule has 2 aliphatic rings. The van der Waals surface area contributed by atoms with Crippen LogP contribution in [-0.2, 0) is 11.3 Å². The lowest BCUT2D eigenvalue weighted by atomic mass is 9.93. The summed E-state index contributed by atoms with van der Waals surface area (Å²) in [6.45, 7) is 3.87. The van der Waals surface area contributed by atoms with E-state index < -0.39 is 4.92 Å². The minimum atomic E-state index is -0.428. The first-order chi connectivity index (χ1) is 15.9. The zero-order valence-electron chi connectivity index (χ0n) is 18.5. The first-order valence-corrected chi connectivity index (χ1v) is 11.7. The summed E-state index contributed by atoms with van der Waals surface area (Å²) in [5.41, 5.74) is 7.24. The lowest BCUT2D eigenvalue weighted by Gasteiger charge is -2.37. The molecule has 2 aliphatic heterocycles. The van der Waals surface area contributed by atoms with E-state index in [1.54, 1.807) is 18.3 Å². The van der Waals surface area contributed by atoms with Gasteiger partial charge < -0.3 is 16.0 Å². The Bertz CT molecular complexity index is 1000. The van der Waals surface area contributed by atoms with Crippen LogP contribution in [0.2, 0.25) is 5.02 Å². The van der Waals surface area contributed by atoms with Crippen LogP contribution in [0.1, 0.15) is 31.2 Å². The van der Waals surface area contributed by atoms with E-state index in [-0.39, 0.29) is 23.6 Å². The number of hydrogen-bond acceptors (Lipinski definition) is 7. The molecule has 0 bridgehead atoms. The number of nitrogens with one attached hydrogen (secondary N) is 1. The van der Waals surface area contributed by atoms with Crippen molar-refractivity contribution in [2.75, 3.05) is 37.2 Å². The quantitative estimate of drug-likeness (QED) is 0.487. The summed E-state index contributed by atoms with van der Waals surface area (Å²) < 4.78 is 0. The van der Waals surface area contributed by atoms with Gasteiger partial charge in [-0.15, -0.1) is 0 Å². The number of para-hydroxylation sites is 1. The number of rotatable bonds is 6. The van der Waals surface area contributed by atoms with E-state index in [1.165, 1.54) is 6.07 Å². The van der Waals surface area contributed by atoms with Crippen LogP contribution in [0.15, 0.2) is 36.5 Å². The molecule has 0 unspecified atom stereocenters. The van der Waals surface area contributed by atoms with Gasteiger partial charge in [-0.05, 0) is 62.5 Å². The van der Waals surface area contributed by atoms with Gasteiger partial charge in [-0.25, -0.2) is 4.98 Å². The maximum absolute atomic E-state index is 13.1. The van der Waals surface area contributed by atoms with Gasteiger partial charge >= 0.3 is 0 Å². The third-order valence-corrected chi connectivity index (χ3v) is 6.85. The Morgan fingerprint density at radius 1 is 1.18 bits per heavy atom. The Hall–Kier alpha value is -2.91. The Kier molecular flexibility index (Phi) is 7.29. The number of anilines is 2. The second kappa shape index (κ2) is 10.4. The molecule has 1 aromatic carbocycles. The summed E-state index contributed by atoms with van der Waals surface area (Å²) in [7, 11) is 0. The van der Waals surface area contributed by atoms with E-state index >= 15 is 0 Å². The smallest absolute Gasteiger partial charge is 0.293 e. The fourth-order valence-corrected chi connectivity index (χ4v) is 4.93. The third-order valence-electron chi connectivity index (χ3n) is 6.53. The van der Waals surface area contributed by atoms with Gasteiger partial charge in [0.05, 0.1) is 9.95 Å². The number of amides is 1. The highest BCUT2D eigenvalue weighted by Gasteiger charge is 2.31. The highest BCUT2D eigenvalue weighted by molar-refractivity contribution is 6.33. The van der Waals surface area contributed by atoms with Gasteiger partial charge in [-0.2, -0.15) is 0 Å². The number of nitro benzene ring substituents is 1. The number of benzene rings is 1. The maximum Gasteiger partial charge on any atom is 0.293 e. The molecule has 0 aliphatic carbocycles. The number of hydrogen-bond donors (Lipinski definition) is 2. The van der Waals surface area contributed by atoms with Crippen LogP contribution in [0, 0.1) is 16.0 Å². The predicted octanol–water partition coefficient (Wildman–Crippen LogP) is 3.54. The van der Waals surface area contributed by atoms with Crippen molar-refractivity contribution in [2.45, 2.75) is 38.3 Å². The molecule has 0 spiro atoms. The van der Waals surface area contributed by atoms with Crippen LogP contribution in [0.25, 0.3) is 0 Å². The molecule has 176 valence electrons. The average molecular weight is 473 g/mol. The van der Waals surface area contributed by atoms with Gasteiger partial charge in [0.2, 0.25) is 5.91 Å². The first-order valence-electron chi connectivity index (χ1n) is 11.3. The first kappa shape index (κ1) is 23.3. The standard InChI is InChI=1S/C23H29ClN6O3/c24-19-2-1-3-20(30(32)33)22(19)27-18-7-12-29(13-8-18)23(31)17-5-10-28(11-6-17)15-16-4-9-26-21(25)14-16/h1-4,9,14,17-18,27H,5-8,10-13,15H2,(H2,25,26). The minimum Gasteiger partial charge on any atom is -0.384 e. The number of nitrogen functional groups attached to an aromatic ring is 1. The van der Waals surface area contributed by atoms with Crippen LogP contribution in [0.4, 0.5) is 17.2 Å². The molecule has 0 atom stereocenters. The molecular formula is C23H29ClN6O3. The summed E-state index contributed by atoms with van der Waals surface area (Å²) in [6.07, 6.45) is 4.89. The summed E-state index contributed by atoms with van der Waals surface area (Å²) in [4.78, 5) is 32.3. The SMILES string of the molecule is Nc1cc(CN2CCC(C(=O)N3CCC(Nc4c(Cl)cccc4[N+](=O)[O-])CC3)CC2)ccn1. The molecule has 1 amide bonds. The van der Waals surface area contributed by atoms with Gasteiger partial charge in [0.15, 0.2) is 0 Å². The lowest BCUT2D eigenvalue weighted by molar-refractivity contribution is -0.384. The second-order valence-corrected chi connectivity index (χ2v) is 9.18. The summed E-state index contributed by atoms with van der Waals surface area (Å²) in [5.74, 6) is 0.808. The Balaban J connectivity index is 1.25. The van der Waals surface area contributed by atoms with Crippen LogP contribution < -0.4 is 11.1 Å². The Morgan fingerprint density at radius 3 is 2.58 bits per heavy atom. The number of halogens is 1. The Labute approximate surface area is 198 Å². The van der Waals surface area contributed by atoms with Crippen LogP contribution >= 0.6 is 11.6 Å². The fraction of sp³-hybridized carbons (Fsp3) is 0.478. The molecule has 1 aromatic heterocycles. The van der Waals surface area contributed by atoms with Crippen molar-refractivity contribution in [1.29, 1.82) is 0 Å². The topological polar surface area (TPSA) is 118 Å². The number of nitro groups is 1. The summed E-state index contributed by atoms with van der Waals surface area (Å²) in [5, 5.41) is 14.9. The van der Waals surface area contributed by atoms with Gasteiger partial charge in [-0.1, -0.05) is 17.7 Å². The minimum absolute atomic E-state index is 0.0257. The molecule has 0 radical (unpaired) electrons. The second-order valence-electron chi connectivity index (χ2n) is 8.77. The summed E-state index contributed by atoms with van der Waals surface area (Å²) >= 11 is 6.20. The molecule has 3 N–H and O–H groups in total. The Morgan fingerprint density at radius 2 is 1.91 bits per heavy atom. The highest BCUT2D eigenvalue weighted by atomic mass is 35.5. The molecule has 9 nitrogen and oxygen atoms in total. The molecule has 2 saturated heterocycles. The number of likely N-dealkylation sites (tertiary alicyclic amines) is 2. The van der Waals surface area contributed by atoms with E-state index in [0.717, 1.165) is 50.9 Å². The van der Waals surface area contributed by atoms with E-state index in [0.29, 0.717) is 29.6 Å². The van der Waals surface area contributed by atoms with Crippen molar-refractivity contribution >= 4 is 34.7 Å². The average Bonchev–Trinajstić information content (AvgIpc) is 2.81. The molecule has 4 rings (SSSR count). The lowest BCUT2D eigenvalue weighted by Crippen LogP contribution is -2.47. The van der Waals surface area contributed by atoms with Crippen LogP contribution in [0.5, 0.6) is 0 Å².